The largest absolute Gasteiger partial charge is 0.378 e. The maximum absolute atomic E-state index is 11.3. The van der Waals surface area contributed by atoms with Crippen molar-refractivity contribution in [2.24, 2.45) is 0 Å². The number of rotatable bonds is 7. The Labute approximate surface area is 113 Å². The molecule has 3 nitrogen and oxygen atoms in total. The van der Waals surface area contributed by atoms with Crippen molar-refractivity contribution in [3.8, 4) is 0 Å². The van der Waals surface area contributed by atoms with Crippen LogP contribution in [0.15, 0.2) is 24.3 Å². The lowest BCUT2D eigenvalue weighted by molar-refractivity contribution is 0.596. The molecular formula is C14H24N2OS. The third-order valence-corrected chi connectivity index (χ3v) is 4.32. The third kappa shape index (κ3) is 4.78. The minimum Gasteiger partial charge on any atom is -0.378 e. The molecule has 1 N–H and O–H groups in total. The number of hydrogen-bond acceptors (Lipinski definition) is 3. The van der Waals surface area contributed by atoms with Crippen LogP contribution in [0.25, 0.3) is 0 Å². The Bertz CT molecular complexity index is 376. The summed E-state index contributed by atoms with van der Waals surface area (Å²) in [5.41, 5.74) is 2.47. The fourth-order valence-electron chi connectivity index (χ4n) is 1.71. The van der Waals surface area contributed by atoms with Crippen molar-refractivity contribution in [3.05, 3.63) is 29.8 Å². The lowest BCUT2D eigenvalue weighted by atomic mass is 10.1. The molecule has 0 aliphatic carbocycles. The number of nitrogens with zero attached hydrogens (tertiary/aromatic N) is 1. The summed E-state index contributed by atoms with van der Waals surface area (Å²) in [6, 6.07) is 8.83. The van der Waals surface area contributed by atoms with E-state index in [1.807, 2.05) is 21.0 Å². The molecule has 0 spiro atoms. The summed E-state index contributed by atoms with van der Waals surface area (Å²) in [4.78, 5) is 2.09. The first-order valence-electron chi connectivity index (χ1n) is 6.40. The Kier molecular flexibility index (Phi) is 6.36. The van der Waals surface area contributed by atoms with E-state index in [-0.39, 0.29) is 0 Å². The zero-order chi connectivity index (χ0) is 13.5. The van der Waals surface area contributed by atoms with E-state index in [1.54, 1.807) is 0 Å². The second-order valence-electron chi connectivity index (χ2n) is 4.59. The minimum absolute atomic E-state index is 0.301. The minimum atomic E-state index is -0.679. The number of nitrogens with one attached hydrogen (secondary N) is 1. The maximum Gasteiger partial charge on any atom is 0.0361 e. The Morgan fingerprint density at radius 1 is 1.28 bits per heavy atom. The van der Waals surface area contributed by atoms with Crippen LogP contribution >= 0.6 is 0 Å². The van der Waals surface area contributed by atoms with Gasteiger partial charge in [0.1, 0.15) is 0 Å². The van der Waals surface area contributed by atoms with Crippen molar-refractivity contribution in [1.82, 2.24) is 5.32 Å². The smallest absolute Gasteiger partial charge is 0.0361 e. The second kappa shape index (κ2) is 7.54. The molecule has 0 fully saturated rings. The lowest BCUT2D eigenvalue weighted by Gasteiger charge is -2.17. The van der Waals surface area contributed by atoms with Crippen molar-refractivity contribution < 1.29 is 4.21 Å². The van der Waals surface area contributed by atoms with Crippen LogP contribution in [0.5, 0.6) is 0 Å². The summed E-state index contributed by atoms with van der Waals surface area (Å²) in [6.07, 6.45) is 0. The Morgan fingerprint density at radius 2 is 1.89 bits per heavy atom. The van der Waals surface area contributed by atoms with Gasteiger partial charge in [0, 0.05) is 54.7 Å². The highest BCUT2D eigenvalue weighted by Crippen LogP contribution is 2.17. The van der Waals surface area contributed by atoms with E-state index in [0.717, 1.165) is 18.1 Å². The normalized spacial score (nSPS) is 14.2. The third-order valence-electron chi connectivity index (χ3n) is 3.01. The van der Waals surface area contributed by atoms with Crippen molar-refractivity contribution >= 4 is 16.5 Å². The molecule has 1 aromatic carbocycles. The van der Waals surface area contributed by atoms with E-state index in [4.69, 9.17) is 0 Å². The molecule has 18 heavy (non-hydrogen) atoms. The molecule has 0 heterocycles. The summed E-state index contributed by atoms with van der Waals surface area (Å²) in [5.74, 6) is 1.48. The molecule has 2 unspecified atom stereocenters. The predicted molar refractivity (Wildman–Crippen MR) is 80.7 cm³/mol. The molecule has 2 atom stereocenters. The molecule has 1 aromatic rings. The fourth-order valence-corrected chi connectivity index (χ4v) is 2.35. The SMILES string of the molecule is CCS(=O)CCNC(C)c1ccc(N(C)C)cc1. The van der Waals surface area contributed by atoms with Crippen LogP contribution in [0.2, 0.25) is 0 Å². The van der Waals surface area contributed by atoms with Crippen LogP contribution in [-0.4, -0.2) is 36.4 Å². The molecule has 4 heteroatoms. The van der Waals surface area contributed by atoms with Crippen molar-refractivity contribution in [3.63, 3.8) is 0 Å². The second-order valence-corrected chi connectivity index (χ2v) is 6.46. The Morgan fingerprint density at radius 3 is 2.39 bits per heavy atom. The summed E-state index contributed by atoms with van der Waals surface area (Å²) in [7, 11) is 3.40. The van der Waals surface area contributed by atoms with E-state index in [0.29, 0.717) is 6.04 Å². The highest BCUT2D eigenvalue weighted by molar-refractivity contribution is 7.84. The zero-order valence-electron chi connectivity index (χ0n) is 11.8. The van der Waals surface area contributed by atoms with Crippen molar-refractivity contribution in [1.29, 1.82) is 0 Å². The first-order chi connectivity index (χ1) is 8.54. The van der Waals surface area contributed by atoms with Gasteiger partial charge in [0.25, 0.3) is 0 Å². The van der Waals surface area contributed by atoms with E-state index < -0.39 is 10.8 Å². The highest BCUT2D eigenvalue weighted by Gasteiger charge is 2.05. The van der Waals surface area contributed by atoms with Crippen molar-refractivity contribution in [2.75, 3.05) is 37.0 Å². The van der Waals surface area contributed by atoms with Crippen molar-refractivity contribution in [2.45, 2.75) is 19.9 Å². The molecule has 0 radical (unpaired) electrons. The van der Waals surface area contributed by atoms with Gasteiger partial charge in [0.2, 0.25) is 0 Å². The van der Waals surface area contributed by atoms with Crippen LogP contribution in [-0.2, 0) is 10.8 Å². The van der Waals surface area contributed by atoms with E-state index >= 15 is 0 Å². The zero-order valence-corrected chi connectivity index (χ0v) is 12.6. The molecule has 0 saturated carbocycles. The highest BCUT2D eigenvalue weighted by atomic mass is 32.2. The molecule has 0 aliphatic heterocycles. The molecule has 0 bridgehead atoms. The van der Waals surface area contributed by atoms with Gasteiger partial charge in [0.05, 0.1) is 0 Å². The monoisotopic (exact) mass is 268 g/mol. The van der Waals surface area contributed by atoms with E-state index in [9.17, 15) is 4.21 Å². The summed E-state index contributed by atoms with van der Waals surface area (Å²) in [5, 5.41) is 3.41. The standard InChI is InChI=1S/C14H24N2OS/c1-5-18(17)11-10-15-12(2)13-6-8-14(9-7-13)16(3)4/h6-9,12,15H,5,10-11H2,1-4H3. The van der Waals surface area contributed by atoms with Gasteiger partial charge in [-0.3, -0.25) is 4.21 Å². The quantitative estimate of drug-likeness (QED) is 0.822. The molecule has 0 aromatic heterocycles. The van der Waals surface area contributed by atoms with Crippen LogP contribution in [0.4, 0.5) is 5.69 Å². The topological polar surface area (TPSA) is 32.3 Å². The summed E-state index contributed by atoms with van der Waals surface area (Å²) in [6.45, 7) is 4.90. The van der Waals surface area contributed by atoms with Crippen LogP contribution in [0.1, 0.15) is 25.5 Å². The molecule has 102 valence electrons. The fraction of sp³-hybridized carbons (Fsp3) is 0.571. The van der Waals surface area contributed by atoms with Gasteiger partial charge < -0.3 is 10.2 Å². The van der Waals surface area contributed by atoms with Gasteiger partial charge >= 0.3 is 0 Å². The maximum atomic E-state index is 11.3. The first kappa shape index (κ1) is 15.2. The van der Waals surface area contributed by atoms with Crippen LogP contribution < -0.4 is 10.2 Å². The van der Waals surface area contributed by atoms with Crippen LogP contribution in [0.3, 0.4) is 0 Å². The van der Waals surface area contributed by atoms with Gasteiger partial charge in [-0.05, 0) is 24.6 Å². The van der Waals surface area contributed by atoms with Gasteiger partial charge in [0.15, 0.2) is 0 Å². The van der Waals surface area contributed by atoms with Gasteiger partial charge in [-0.1, -0.05) is 19.1 Å². The number of benzene rings is 1. The molecule has 0 aliphatic rings. The first-order valence-corrected chi connectivity index (χ1v) is 7.89. The lowest BCUT2D eigenvalue weighted by Crippen LogP contribution is -2.24. The molecule has 0 saturated heterocycles. The van der Waals surface area contributed by atoms with E-state index in [2.05, 4.69) is 41.4 Å². The predicted octanol–water partition coefficient (Wildman–Crippen LogP) is 2.17. The number of anilines is 1. The average molecular weight is 268 g/mol. The van der Waals surface area contributed by atoms with E-state index in [1.165, 1.54) is 11.3 Å². The van der Waals surface area contributed by atoms with Gasteiger partial charge in [-0.15, -0.1) is 0 Å². The van der Waals surface area contributed by atoms with Gasteiger partial charge in [-0.2, -0.15) is 0 Å². The Balaban J connectivity index is 2.46. The number of hydrogen-bond donors (Lipinski definition) is 1. The molecule has 1 rings (SSSR count). The summed E-state index contributed by atoms with van der Waals surface area (Å²) >= 11 is 0. The average Bonchev–Trinajstić information content (AvgIpc) is 2.38. The summed E-state index contributed by atoms with van der Waals surface area (Å²) < 4.78 is 11.3. The molecule has 0 amide bonds. The molecular weight excluding hydrogens is 244 g/mol. The van der Waals surface area contributed by atoms with Crippen LogP contribution in [0, 0.1) is 0 Å². The van der Waals surface area contributed by atoms with Gasteiger partial charge in [-0.25, -0.2) is 0 Å². The Hall–Kier alpha value is -0.870.